The van der Waals surface area contributed by atoms with Gasteiger partial charge in [0.05, 0.1) is 6.61 Å². The van der Waals surface area contributed by atoms with Gasteiger partial charge in [-0.3, -0.25) is 0 Å². The Labute approximate surface area is 123 Å². The van der Waals surface area contributed by atoms with Crippen LogP contribution >= 0.6 is 0 Å². The van der Waals surface area contributed by atoms with Crippen molar-refractivity contribution in [1.82, 2.24) is 0 Å². The summed E-state index contributed by atoms with van der Waals surface area (Å²) >= 11 is 0. The van der Waals surface area contributed by atoms with Crippen LogP contribution < -0.4 is 10.5 Å². The van der Waals surface area contributed by atoms with E-state index in [1.54, 1.807) is 0 Å². The molecule has 1 aromatic carbocycles. The minimum Gasteiger partial charge on any atom is -0.478 e. The number of hydrogen-bond acceptors (Lipinski definition) is 5. The summed E-state index contributed by atoms with van der Waals surface area (Å²) in [6.45, 7) is 2.38. The third-order valence-corrected chi connectivity index (χ3v) is 2.90. The van der Waals surface area contributed by atoms with E-state index < -0.39 is 12.1 Å². The van der Waals surface area contributed by atoms with Crippen LogP contribution in [-0.4, -0.2) is 23.8 Å². The summed E-state index contributed by atoms with van der Waals surface area (Å²) < 4.78 is 9.80. The molecule has 0 aliphatic carbocycles. The number of unbranched alkanes of at least 4 members (excludes halogenated alkanes) is 4. The highest BCUT2D eigenvalue weighted by molar-refractivity contribution is 5.92. The lowest BCUT2D eigenvalue weighted by molar-refractivity contribution is 0.0689. The fourth-order valence-corrected chi connectivity index (χ4v) is 1.78. The molecule has 0 atom stereocenters. The van der Waals surface area contributed by atoms with Crippen LogP contribution in [0.1, 0.15) is 49.4 Å². The first kappa shape index (κ1) is 16.8. The topological polar surface area (TPSA) is 98.9 Å². The minimum atomic E-state index is -1.20. The summed E-state index contributed by atoms with van der Waals surface area (Å²) in [6, 6.07) is 3.99. The van der Waals surface area contributed by atoms with Crippen molar-refractivity contribution in [2.24, 2.45) is 0 Å². The van der Waals surface area contributed by atoms with Crippen molar-refractivity contribution in [3.8, 4) is 5.75 Å². The molecule has 0 fully saturated rings. The molecule has 0 aliphatic heterocycles. The summed E-state index contributed by atoms with van der Waals surface area (Å²) in [5, 5.41) is 8.99. The molecule has 3 N–H and O–H groups in total. The van der Waals surface area contributed by atoms with Crippen molar-refractivity contribution in [2.75, 3.05) is 12.3 Å². The average molecular weight is 295 g/mol. The molecule has 0 spiro atoms. The monoisotopic (exact) mass is 295 g/mol. The summed E-state index contributed by atoms with van der Waals surface area (Å²) in [5.74, 6) is -1.31. The molecule has 0 bridgehead atoms. The zero-order valence-corrected chi connectivity index (χ0v) is 12.1. The van der Waals surface area contributed by atoms with Crippen LogP contribution in [0.3, 0.4) is 0 Å². The second kappa shape index (κ2) is 8.84. The Balaban J connectivity index is 2.44. The van der Waals surface area contributed by atoms with Crippen molar-refractivity contribution >= 4 is 17.8 Å². The van der Waals surface area contributed by atoms with Crippen molar-refractivity contribution in [3.63, 3.8) is 0 Å². The van der Waals surface area contributed by atoms with Crippen LogP contribution in [0, 0.1) is 0 Å². The fourth-order valence-electron chi connectivity index (χ4n) is 1.78. The molecule has 1 rings (SSSR count). The molecular weight excluding hydrogens is 274 g/mol. The van der Waals surface area contributed by atoms with Gasteiger partial charge in [0.1, 0.15) is 5.56 Å². The summed E-state index contributed by atoms with van der Waals surface area (Å²) in [7, 11) is 0. The van der Waals surface area contributed by atoms with Gasteiger partial charge in [0, 0.05) is 11.8 Å². The lowest BCUT2D eigenvalue weighted by Crippen LogP contribution is -2.14. The first-order valence-electron chi connectivity index (χ1n) is 7.02. The van der Waals surface area contributed by atoms with E-state index in [4.69, 9.17) is 20.3 Å². The van der Waals surface area contributed by atoms with Crippen LogP contribution in [0.2, 0.25) is 0 Å². The lowest BCUT2D eigenvalue weighted by Gasteiger charge is -2.08. The number of carbonyl (C=O) groups is 2. The van der Waals surface area contributed by atoms with Gasteiger partial charge in [0.15, 0.2) is 5.75 Å². The zero-order chi connectivity index (χ0) is 15.7. The van der Waals surface area contributed by atoms with E-state index in [2.05, 4.69) is 6.92 Å². The van der Waals surface area contributed by atoms with Crippen molar-refractivity contribution < 1.29 is 24.2 Å². The summed E-state index contributed by atoms with van der Waals surface area (Å²) in [5.41, 5.74) is 5.72. The Morgan fingerprint density at radius 3 is 2.57 bits per heavy atom. The Morgan fingerprint density at radius 1 is 1.19 bits per heavy atom. The number of nitrogens with two attached hydrogens (primary N) is 1. The molecule has 6 nitrogen and oxygen atoms in total. The molecule has 0 unspecified atom stereocenters. The summed E-state index contributed by atoms with van der Waals surface area (Å²) in [6.07, 6.45) is 4.25. The predicted octanol–water partition coefficient (Wildman–Crippen LogP) is 3.45. The number of anilines is 1. The number of benzene rings is 1. The third-order valence-electron chi connectivity index (χ3n) is 2.90. The van der Waals surface area contributed by atoms with Crippen molar-refractivity contribution in [3.05, 3.63) is 23.8 Å². The van der Waals surface area contributed by atoms with Gasteiger partial charge in [-0.15, -0.1) is 0 Å². The number of nitrogen functional groups attached to an aromatic ring is 1. The van der Waals surface area contributed by atoms with Gasteiger partial charge in [-0.1, -0.05) is 32.6 Å². The molecular formula is C15H21NO5. The molecule has 1 aromatic rings. The Morgan fingerprint density at radius 2 is 1.90 bits per heavy atom. The van der Waals surface area contributed by atoms with E-state index in [1.165, 1.54) is 18.2 Å². The molecule has 116 valence electrons. The average Bonchev–Trinajstić information content (AvgIpc) is 2.42. The van der Waals surface area contributed by atoms with E-state index in [9.17, 15) is 9.59 Å². The zero-order valence-electron chi connectivity index (χ0n) is 12.1. The number of hydrogen-bond donors (Lipinski definition) is 2. The van der Waals surface area contributed by atoms with Gasteiger partial charge in [-0.25, -0.2) is 9.59 Å². The Kier molecular flexibility index (Phi) is 7.08. The molecule has 0 heterocycles. The number of carboxylic acids is 1. The normalized spacial score (nSPS) is 10.1. The first-order valence-corrected chi connectivity index (χ1v) is 7.02. The molecule has 0 amide bonds. The maximum Gasteiger partial charge on any atom is 0.513 e. The van der Waals surface area contributed by atoms with E-state index in [0.717, 1.165) is 32.1 Å². The van der Waals surface area contributed by atoms with Gasteiger partial charge < -0.3 is 20.3 Å². The van der Waals surface area contributed by atoms with Crippen LogP contribution in [0.25, 0.3) is 0 Å². The highest BCUT2D eigenvalue weighted by Crippen LogP contribution is 2.22. The number of ether oxygens (including phenoxy) is 2. The van der Waals surface area contributed by atoms with E-state index in [1.807, 2.05) is 0 Å². The van der Waals surface area contributed by atoms with E-state index in [0.29, 0.717) is 5.69 Å². The van der Waals surface area contributed by atoms with Gasteiger partial charge in [-0.05, 0) is 18.6 Å². The van der Waals surface area contributed by atoms with Gasteiger partial charge >= 0.3 is 12.1 Å². The molecule has 0 saturated heterocycles. The Hall–Kier alpha value is -2.24. The van der Waals surface area contributed by atoms with Gasteiger partial charge in [0.2, 0.25) is 0 Å². The molecule has 0 saturated carbocycles. The standard InChI is InChI=1S/C15H21NO5/c1-2-3-4-5-6-9-20-15(19)21-13-10-11(16)7-8-12(13)14(17)18/h7-8,10H,2-6,9,16H2,1H3,(H,17,18). The number of carbonyl (C=O) groups excluding carboxylic acids is 1. The quantitative estimate of drug-likeness (QED) is 0.330. The SMILES string of the molecule is CCCCCCCOC(=O)Oc1cc(N)ccc1C(=O)O. The number of rotatable bonds is 8. The predicted molar refractivity (Wildman–Crippen MR) is 78.5 cm³/mol. The maximum absolute atomic E-state index is 11.5. The largest absolute Gasteiger partial charge is 0.513 e. The molecule has 0 aromatic heterocycles. The highest BCUT2D eigenvalue weighted by atomic mass is 16.7. The van der Waals surface area contributed by atoms with Crippen molar-refractivity contribution in [2.45, 2.75) is 39.0 Å². The number of aromatic carboxylic acids is 1. The molecule has 0 aliphatic rings. The second-order valence-corrected chi connectivity index (χ2v) is 4.68. The van der Waals surface area contributed by atoms with E-state index >= 15 is 0 Å². The first-order chi connectivity index (χ1) is 10.0. The minimum absolute atomic E-state index is 0.113. The summed E-state index contributed by atoms with van der Waals surface area (Å²) in [4.78, 5) is 22.5. The Bertz CT molecular complexity index is 487. The molecule has 6 heteroatoms. The van der Waals surface area contributed by atoms with Gasteiger partial charge in [-0.2, -0.15) is 0 Å². The van der Waals surface area contributed by atoms with E-state index in [-0.39, 0.29) is 17.9 Å². The maximum atomic E-state index is 11.5. The van der Waals surface area contributed by atoms with Crippen LogP contribution in [0.15, 0.2) is 18.2 Å². The molecule has 0 radical (unpaired) electrons. The lowest BCUT2D eigenvalue weighted by atomic mass is 10.2. The van der Waals surface area contributed by atoms with Crippen LogP contribution in [-0.2, 0) is 4.74 Å². The van der Waals surface area contributed by atoms with Crippen LogP contribution in [0.5, 0.6) is 5.75 Å². The highest BCUT2D eigenvalue weighted by Gasteiger charge is 2.15. The van der Waals surface area contributed by atoms with Gasteiger partial charge in [0.25, 0.3) is 0 Å². The van der Waals surface area contributed by atoms with Crippen LogP contribution in [0.4, 0.5) is 10.5 Å². The van der Waals surface area contributed by atoms with Crippen molar-refractivity contribution in [1.29, 1.82) is 0 Å². The fraction of sp³-hybridized carbons (Fsp3) is 0.467. The number of carboxylic acid groups (broad SMARTS) is 1. The molecule has 21 heavy (non-hydrogen) atoms. The third kappa shape index (κ3) is 6.16. The smallest absolute Gasteiger partial charge is 0.478 e. The second-order valence-electron chi connectivity index (χ2n) is 4.68.